The molecule has 2 aliphatic rings. The van der Waals surface area contributed by atoms with Gasteiger partial charge in [-0.1, -0.05) is 25.0 Å². The van der Waals surface area contributed by atoms with E-state index in [1.165, 1.54) is 0 Å². The maximum absolute atomic E-state index is 13.2. The average Bonchev–Trinajstić information content (AvgIpc) is 2.60. The number of nitrogens with one attached hydrogen (secondary N) is 2. The van der Waals surface area contributed by atoms with Crippen LogP contribution in [0.15, 0.2) is 24.3 Å². The fourth-order valence-electron chi connectivity index (χ4n) is 3.70. The van der Waals surface area contributed by atoms with E-state index < -0.39 is 0 Å². The van der Waals surface area contributed by atoms with Crippen LogP contribution in [0.25, 0.3) is 0 Å². The number of fused-ring (bicyclic) bond motifs is 1. The van der Waals surface area contributed by atoms with Crippen LogP contribution in [0.2, 0.25) is 0 Å². The summed E-state index contributed by atoms with van der Waals surface area (Å²) in [5, 5.41) is 5.59. The van der Waals surface area contributed by atoms with Crippen LogP contribution in [0.4, 0.5) is 10.5 Å². The summed E-state index contributed by atoms with van der Waals surface area (Å²) in [6, 6.07) is 7.08. The molecule has 1 aliphatic heterocycles. The molecule has 6 nitrogen and oxygen atoms in total. The van der Waals surface area contributed by atoms with Gasteiger partial charge in [-0.25, -0.2) is 4.79 Å². The van der Waals surface area contributed by atoms with Gasteiger partial charge in [0.25, 0.3) is 5.91 Å². The lowest BCUT2D eigenvalue weighted by atomic mass is 9.89. The number of hydrogen-bond acceptors (Lipinski definition) is 3. The molecule has 2 N–H and O–H groups in total. The number of amides is 3. The fourth-order valence-corrected chi connectivity index (χ4v) is 3.70. The number of rotatable bonds is 3. The number of benzene rings is 1. The molecule has 2 atom stereocenters. The summed E-state index contributed by atoms with van der Waals surface area (Å²) in [4.78, 5) is 27.2. The van der Waals surface area contributed by atoms with E-state index in [-0.39, 0.29) is 30.1 Å². The summed E-state index contributed by atoms with van der Waals surface area (Å²) < 4.78 is 5.86. The van der Waals surface area contributed by atoms with E-state index in [9.17, 15) is 9.59 Å². The summed E-state index contributed by atoms with van der Waals surface area (Å²) in [6.45, 7) is 4.98. The number of carbonyl (C=O) groups excluding carboxylic acids is 2. The lowest BCUT2D eigenvalue weighted by Gasteiger charge is -2.44. The van der Waals surface area contributed by atoms with E-state index in [2.05, 4.69) is 10.6 Å². The van der Waals surface area contributed by atoms with Crippen LogP contribution in [0, 0.1) is 0 Å². The lowest BCUT2D eigenvalue weighted by Crippen LogP contribution is -2.54. The van der Waals surface area contributed by atoms with Crippen molar-refractivity contribution in [3.8, 4) is 0 Å². The maximum Gasteiger partial charge on any atom is 0.319 e. The van der Waals surface area contributed by atoms with Gasteiger partial charge in [0.1, 0.15) is 0 Å². The molecular weight excluding hydrogens is 318 g/mol. The Kier molecular flexibility index (Phi) is 5.58. The summed E-state index contributed by atoms with van der Waals surface area (Å²) in [7, 11) is 0. The zero-order valence-corrected chi connectivity index (χ0v) is 15.0. The number of ether oxygens (including phenoxy) is 1. The number of para-hydroxylation sites is 1. The second-order valence-corrected chi connectivity index (χ2v) is 7.06. The van der Waals surface area contributed by atoms with E-state index in [1.807, 2.05) is 30.9 Å². The molecule has 1 aromatic rings. The molecule has 0 aromatic heterocycles. The Morgan fingerprint density at radius 2 is 1.96 bits per heavy atom. The third-order valence-electron chi connectivity index (χ3n) is 4.82. The van der Waals surface area contributed by atoms with Crippen LogP contribution in [-0.4, -0.2) is 48.2 Å². The molecule has 3 amide bonds. The smallest absolute Gasteiger partial charge is 0.319 e. The normalized spacial score (nSPS) is 23.1. The second kappa shape index (κ2) is 7.87. The minimum Gasteiger partial charge on any atom is -0.374 e. The molecule has 6 heteroatoms. The Morgan fingerprint density at radius 3 is 2.76 bits per heavy atom. The first-order valence-corrected chi connectivity index (χ1v) is 9.15. The number of nitrogens with zero attached hydrogens (tertiary/aromatic N) is 1. The predicted molar refractivity (Wildman–Crippen MR) is 96.8 cm³/mol. The number of morpholine rings is 1. The molecule has 0 spiro atoms. The van der Waals surface area contributed by atoms with Crippen molar-refractivity contribution in [2.75, 3.05) is 18.5 Å². The third-order valence-corrected chi connectivity index (χ3v) is 4.82. The highest BCUT2D eigenvalue weighted by Gasteiger charge is 2.37. The Hall–Kier alpha value is -2.08. The second-order valence-electron chi connectivity index (χ2n) is 7.06. The maximum atomic E-state index is 13.2. The zero-order chi connectivity index (χ0) is 17.8. The van der Waals surface area contributed by atoms with E-state index in [1.54, 1.807) is 12.1 Å². The zero-order valence-electron chi connectivity index (χ0n) is 15.0. The van der Waals surface area contributed by atoms with Gasteiger partial charge >= 0.3 is 6.03 Å². The SMILES string of the molecule is CC(C)NC(=O)Nc1ccccc1C(=O)N1CCO[C@@H]2CCCC[C@H]21. The van der Waals surface area contributed by atoms with Gasteiger partial charge in [0.15, 0.2) is 0 Å². The highest BCUT2D eigenvalue weighted by molar-refractivity contribution is 6.03. The molecule has 136 valence electrons. The lowest BCUT2D eigenvalue weighted by molar-refractivity contribution is -0.0752. The molecular formula is C19H27N3O3. The summed E-state index contributed by atoms with van der Waals surface area (Å²) in [6.07, 6.45) is 4.45. The monoisotopic (exact) mass is 345 g/mol. The average molecular weight is 345 g/mol. The molecule has 1 aromatic carbocycles. The van der Waals surface area contributed by atoms with Crippen molar-refractivity contribution in [2.24, 2.45) is 0 Å². The first kappa shape index (κ1) is 17.7. The number of carbonyl (C=O) groups is 2. The van der Waals surface area contributed by atoms with Crippen LogP contribution in [0.5, 0.6) is 0 Å². The first-order chi connectivity index (χ1) is 12.1. The van der Waals surface area contributed by atoms with E-state index in [0.29, 0.717) is 24.4 Å². The third kappa shape index (κ3) is 4.12. The molecule has 3 rings (SSSR count). The predicted octanol–water partition coefficient (Wildman–Crippen LogP) is 3.00. The molecule has 0 unspecified atom stereocenters. The highest BCUT2D eigenvalue weighted by Crippen LogP contribution is 2.30. The van der Waals surface area contributed by atoms with Crippen LogP contribution < -0.4 is 10.6 Å². The summed E-state index contributed by atoms with van der Waals surface area (Å²) in [5.74, 6) is -0.0272. The Bertz CT molecular complexity index is 630. The molecule has 1 aliphatic carbocycles. The fraction of sp³-hybridized carbons (Fsp3) is 0.579. The van der Waals surface area contributed by atoms with Gasteiger partial charge in [-0.15, -0.1) is 0 Å². The molecule has 1 saturated heterocycles. The minimum absolute atomic E-state index is 0.0272. The van der Waals surface area contributed by atoms with Gasteiger partial charge in [0.2, 0.25) is 0 Å². The van der Waals surface area contributed by atoms with Crippen LogP contribution >= 0.6 is 0 Å². The van der Waals surface area contributed by atoms with Crippen molar-refractivity contribution in [1.29, 1.82) is 0 Å². The Labute approximate surface area is 148 Å². The van der Waals surface area contributed by atoms with Crippen molar-refractivity contribution in [3.05, 3.63) is 29.8 Å². The molecule has 0 bridgehead atoms. The first-order valence-electron chi connectivity index (χ1n) is 9.15. The minimum atomic E-state index is -0.298. The molecule has 0 radical (unpaired) electrons. The van der Waals surface area contributed by atoms with Crippen molar-refractivity contribution in [2.45, 2.75) is 57.7 Å². The van der Waals surface area contributed by atoms with Crippen molar-refractivity contribution in [1.82, 2.24) is 10.2 Å². The Morgan fingerprint density at radius 1 is 1.20 bits per heavy atom. The molecule has 1 heterocycles. The molecule has 2 fully saturated rings. The van der Waals surface area contributed by atoms with Gasteiger partial charge in [0, 0.05) is 12.6 Å². The highest BCUT2D eigenvalue weighted by atomic mass is 16.5. The van der Waals surface area contributed by atoms with Crippen LogP contribution in [0.3, 0.4) is 0 Å². The van der Waals surface area contributed by atoms with Crippen molar-refractivity contribution >= 4 is 17.6 Å². The van der Waals surface area contributed by atoms with Gasteiger partial charge < -0.3 is 20.3 Å². The van der Waals surface area contributed by atoms with Crippen molar-refractivity contribution < 1.29 is 14.3 Å². The topological polar surface area (TPSA) is 70.7 Å². The van der Waals surface area contributed by atoms with Crippen LogP contribution in [0.1, 0.15) is 49.9 Å². The summed E-state index contributed by atoms with van der Waals surface area (Å²) in [5.41, 5.74) is 1.08. The molecule has 25 heavy (non-hydrogen) atoms. The summed E-state index contributed by atoms with van der Waals surface area (Å²) >= 11 is 0. The quantitative estimate of drug-likeness (QED) is 0.885. The van der Waals surface area contributed by atoms with Crippen LogP contribution in [-0.2, 0) is 4.74 Å². The number of anilines is 1. The Balaban J connectivity index is 1.78. The number of urea groups is 1. The van der Waals surface area contributed by atoms with Gasteiger partial charge in [-0.05, 0) is 38.8 Å². The van der Waals surface area contributed by atoms with E-state index in [0.717, 1.165) is 25.7 Å². The van der Waals surface area contributed by atoms with E-state index in [4.69, 9.17) is 4.74 Å². The standard InChI is InChI=1S/C19H27N3O3/c1-13(2)20-19(24)21-15-8-4-3-7-14(15)18(23)22-11-12-25-17-10-6-5-9-16(17)22/h3-4,7-8,13,16-17H,5-6,9-12H2,1-2H3,(H2,20,21,24)/t16-,17-/m1/s1. The van der Waals surface area contributed by atoms with Gasteiger partial charge in [-0.2, -0.15) is 0 Å². The van der Waals surface area contributed by atoms with Crippen molar-refractivity contribution in [3.63, 3.8) is 0 Å². The van der Waals surface area contributed by atoms with Gasteiger partial charge in [0.05, 0.1) is 30.0 Å². The van der Waals surface area contributed by atoms with Gasteiger partial charge in [-0.3, -0.25) is 4.79 Å². The van der Waals surface area contributed by atoms with E-state index >= 15 is 0 Å². The molecule has 1 saturated carbocycles. The largest absolute Gasteiger partial charge is 0.374 e. The number of hydrogen-bond donors (Lipinski definition) is 2.